The minimum Gasteiger partial charge on any atom is -0.459 e. The number of hydrogen-bond donors (Lipinski definition) is 2. The van der Waals surface area contributed by atoms with Crippen LogP contribution in [0.1, 0.15) is 35.1 Å². The normalized spacial score (nSPS) is 12.9. The molecular weight excluding hydrogens is 280 g/mol. The molecule has 0 aliphatic rings. The Morgan fingerprint density at radius 2 is 2.19 bits per heavy atom. The summed E-state index contributed by atoms with van der Waals surface area (Å²) in [5.74, 6) is 6.63. The molecule has 1 unspecified atom stereocenters. The van der Waals surface area contributed by atoms with Crippen molar-refractivity contribution in [3.63, 3.8) is 0 Å². The lowest BCUT2D eigenvalue weighted by molar-refractivity contribution is 0.409. The lowest BCUT2D eigenvalue weighted by Gasteiger charge is -2.12. The second-order valence-corrected chi connectivity index (χ2v) is 6.41. The molecular formula is C17H20N2OS. The Labute approximate surface area is 128 Å². The average molecular weight is 300 g/mol. The summed E-state index contributed by atoms with van der Waals surface area (Å²) in [5, 5.41) is 3.26. The first-order valence-electron chi connectivity index (χ1n) is 7.25. The van der Waals surface area contributed by atoms with Crippen LogP contribution in [0.4, 0.5) is 0 Å². The van der Waals surface area contributed by atoms with Crippen molar-refractivity contribution in [3.05, 3.63) is 58.0 Å². The van der Waals surface area contributed by atoms with Gasteiger partial charge in [-0.1, -0.05) is 17.7 Å². The maximum Gasteiger partial charge on any atom is 0.134 e. The van der Waals surface area contributed by atoms with E-state index in [0.29, 0.717) is 0 Å². The predicted octanol–water partition coefficient (Wildman–Crippen LogP) is 4.33. The molecule has 0 radical (unpaired) electrons. The lowest BCUT2D eigenvalue weighted by atomic mass is 10.1. The van der Waals surface area contributed by atoms with Crippen LogP contribution in [0.3, 0.4) is 0 Å². The lowest BCUT2D eigenvalue weighted by Crippen LogP contribution is -2.27. The van der Waals surface area contributed by atoms with E-state index in [1.165, 1.54) is 10.4 Å². The van der Waals surface area contributed by atoms with Crippen molar-refractivity contribution in [2.75, 3.05) is 0 Å². The van der Waals surface area contributed by atoms with Crippen LogP contribution in [-0.2, 0) is 6.42 Å². The van der Waals surface area contributed by atoms with Gasteiger partial charge in [0.2, 0.25) is 0 Å². The predicted molar refractivity (Wildman–Crippen MR) is 88.3 cm³/mol. The van der Waals surface area contributed by atoms with Gasteiger partial charge in [-0.05, 0) is 55.8 Å². The fourth-order valence-electron chi connectivity index (χ4n) is 2.60. The van der Waals surface area contributed by atoms with E-state index in [0.717, 1.165) is 36.0 Å². The fourth-order valence-corrected chi connectivity index (χ4v) is 3.35. The molecule has 3 aromatic rings. The molecule has 0 saturated heterocycles. The van der Waals surface area contributed by atoms with Crippen LogP contribution in [0, 0.1) is 6.92 Å². The van der Waals surface area contributed by atoms with Gasteiger partial charge in [0, 0.05) is 10.3 Å². The standard InChI is InChI=1S/C17H20N2OS/c1-12-7-8-16-13(10-12)11-17(20-16)15(19-18)6-2-4-14-5-3-9-21-14/h3,5,7-11,15,19H,2,4,6,18H2,1H3. The van der Waals surface area contributed by atoms with E-state index in [4.69, 9.17) is 10.3 Å². The van der Waals surface area contributed by atoms with E-state index >= 15 is 0 Å². The van der Waals surface area contributed by atoms with Crippen LogP contribution in [0.2, 0.25) is 0 Å². The second-order valence-electron chi connectivity index (χ2n) is 5.38. The van der Waals surface area contributed by atoms with Crippen LogP contribution in [0.25, 0.3) is 11.0 Å². The van der Waals surface area contributed by atoms with E-state index in [2.05, 4.69) is 48.1 Å². The molecule has 3 nitrogen and oxygen atoms in total. The molecule has 0 fully saturated rings. The zero-order valence-electron chi connectivity index (χ0n) is 12.1. The van der Waals surface area contributed by atoms with Crippen LogP contribution < -0.4 is 11.3 Å². The monoisotopic (exact) mass is 300 g/mol. The quantitative estimate of drug-likeness (QED) is 0.526. The summed E-state index contributed by atoms with van der Waals surface area (Å²) in [7, 11) is 0. The van der Waals surface area contributed by atoms with Crippen LogP contribution in [0.15, 0.2) is 46.2 Å². The van der Waals surface area contributed by atoms with Gasteiger partial charge in [0.05, 0.1) is 6.04 Å². The average Bonchev–Trinajstić information content (AvgIpc) is 3.12. The van der Waals surface area contributed by atoms with E-state index in [1.807, 2.05) is 17.4 Å². The van der Waals surface area contributed by atoms with E-state index < -0.39 is 0 Å². The smallest absolute Gasteiger partial charge is 0.134 e. The maximum absolute atomic E-state index is 5.92. The Balaban J connectivity index is 1.69. The maximum atomic E-state index is 5.92. The van der Waals surface area contributed by atoms with Gasteiger partial charge >= 0.3 is 0 Å². The zero-order chi connectivity index (χ0) is 14.7. The van der Waals surface area contributed by atoms with E-state index in [-0.39, 0.29) is 6.04 Å². The van der Waals surface area contributed by atoms with Gasteiger partial charge < -0.3 is 4.42 Å². The minimum absolute atomic E-state index is 0.0673. The van der Waals surface area contributed by atoms with Gasteiger partial charge in [0.15, 0.2) is 0 Å². The van der Waals surface area contributed by atoms with E-state index in [9.17, 15) is 0 Å². The number of fused-ring (bicyclic) bond motifs is 1. The molecule has 0 aliphatic carbocycles. The number of nitrogens with two attached hydrogens (primary N) is 1. The topological polar surface area (TPSA) is 51.2 Å². The molecule has 1 aromatic carbocycles. The summed E-state index contributed by atoms with van der Waals surface area (Å²) in [6, 6.07) is 12.7. The van der Waals surface area contributed by atoms with Crippen molar-refractivity contribution in [1.82, 2.24) is 5.43 Å². The Morgan fingerprint density at radius 3 is 2.95 bits per heavy atom. The van der Waals surface area contributed by atoms with Gasteiger partial charge in [-0.3, -0.25) is 5.84 Å². The fraction of sp³-hybridized carbons (Fsp3) is 0.294. The van der Waals surface area contributed by atoms with Gasteiger partial charge in [-0.2, -0.15) is 0 Å². The molecule has 0 aliphatic heterocycles. The SMILES string of the molecule is Cc1ccc2oc(C(CCCc3cccs3)NN)cc2c1. The van der Waals surface area contributed by atoms with Crippen molar-refractivity contribution in [3.8, 4) is 0 Å². The summed E-state index contributed by atoms with van der Waals surface area (Å²) in [6.07, 6.45) is 3.15. The Bertz CT molecular complexity index is 703. The highest BCUT2D eigenvalue weighted by molar-refractivity contribution is 7.09. The van der Waals surface area contributed by atoms with Crippen molar-refractivity contribution in [2.24, 2.45) is 5.84 Å². The first-order chi connectivity index (χ1) is 10.3. The Hall–Kier alpha value is -1.62. The summed E-state index contributed by atoms with van der Waals surface area (Å²) < 4.78 is 5.92. The first kappa shape index (κ1) is 14.3. The van der Waals surface area contributed by atoms with Crippen LogP contribution in [-0.4, -0.2) is 0 Å². The van der Waals surface area contributed by atoms with Gasteiger partial charge in [-0.15, -0.1) is 11.3 Å². The number of thiophene rings is 1. The molecule has 2 heterocycles. The molecule has 110 valence electrons. The Kier molecular flexibility index (Phi) is 4.39. The molecule has 4 heteroatoms. The summed E-state index contributed by atoms with van der Waals surface area (Å²) in [6.45, 7) is 2.09. The molecule has 0 saturated carbocycles. The van der Waals surface area contributed by atoms with Gasteiger partial charge in [0.25, 0.3) is 0 Å². The third kappa shape index (κ3) is 3.35. The van der Waals surface area contributed by atoms with Gasteiger partial charge in [-0.25, -0.2) is 5.43 Å². The molecule has 3 rings (SSSR count). The highest BCUT2D eigenvalue weighted by Crippen LogP contribution is 2.27. The highest BCUT2D eigenvalue weighted by Gasteiger charge is 2.15. The number of benzene rings is 1. The van der Waals surface area contributed by atoms with Crippen molar-refractivity contribution < 1.29 is 4.42 Å². The number of hydrogen-bond acceptors (Lipinski definition) is 4. The highest BCUT2D eigenvalue weighted by atomic mass is 32.1. The molecule has 0 amide bonds. The molecule has 0 spiro atoms. The summed E-state index contributed by atoms with van der Waals surface area (Å²) >= 11 is 1.81. The second kappa shape index (κ2) is 6.43. The Morgan fingerprint density at radius 1 is 1.29 bits per heavy atom. The minimum atomic E-state index is 0.0673. The molecule has 21 heavy (non-hydrogen) atoms. The van der Waals surface area contributed by atoms with Crippen molar-refractivity contribution in [1.29, 1.82) is 0 Å². The summed E-state index contributed by atoms with van der Waals surface area (Å²) in [5.41, 5.74) is 5.05. The third-order valence-electron chi connectivity index (χ3n) is 3.73. The van der Waals surface area contributed by atoms with Crippen molar-refractivity contribution in [2.45, 2.75) is 32.2 Å². The first-order valence-corrected chi connectivity index (χ1v) is 8.13. The van der Waals surface area contributed by atoms with Gasteiger partial charge in [0.1, 0.15) is 11.3 Å². The third-order valence-corrected chi connectivity index (χ3v) is 4.67. The summed E-state index contributed by atoms with van der Waals surface area (Å²) in [4.78, 5) is 1.42. The largest absolute Gasteiger partial charge is 0.459 e. The van der Waals surface area contributed by atoms with E-state index in [1.54, 1.807) is 0 Å². The number of furan rings is 1. The molecule has 0 bridgehead atoms. The van der Waals surface area contributed by atoms with Crippen LogP contribution in [0.5, 0.6) is 0 Å². The molecule has 2 aromatic heterocycles. The van der Waals surface area contributed by atoms with Crippen molar-refractivity contribution >= 4 is 22.3 Å². The zero-order valence-corrected chi connectivity index (χ0v) is 13.0. The number of hydrazine groups is 1. The molecule has 3 N–H and O–H groups in total. The number of nitrogens with one attached hydrogen (secondary N) is 1. The number of aryl methyl sites for hydroxylation is 2. The van der Waals surface area contributed by atoms with Crippen LogP contribution >= 0.6 is 11.3 Å². The number of rotatable bonds is 6. The molecule has 1 atom stereocenters.